The quantitative estimate of drug-likeness (QED) is 0.764. The molecule has 6 nitrogen and oxygen atoms in total. The Morgan fingerprint density at radius 2 is 1.79 bits per heavy atom. The van der Waals surface area contributed by atoms with Crippen LogP contribution >= 0.6 is 0 Å². The van der Waals surface area contributed by atoms with Crippen molar-refractivity contribution >= 4 is 17.4 Å². The maximum absolute atomic E-state index is 11.7. The van der Waals surface area contributed by atoms with E-state index in [0.29, 0.717) is 11.4 Å². The molecule has 3 N–H and O–H groups in total. The first-order valence-electron chi connectivity index (χ1n) is 5.46. The third kappa shape index (κ3) is 3.53. The molecule has 2 amide bonds. The Kier molecular flexibility index (Phi) is 3.72. The van der Waals surface area contributed by atoms with Crippen molar-refractivity contribution in [3.8, 4) is 5.75 Å². The van der Waals surface area contributed by atoms with E-state index in [9.17, 15) is 14.7 Å². The molecular formula is C13H11N3O3. The second kappa shape index (κ2) is 5.63. The molecule has 0 fully saturated rings. The third-order valence-corrected chi connectivity index (χ3v) is 2.26. The number of aromatic nitrogens is 1. The van der Waals surface area contributed by atoms with Crippen LogP contribution in [0.5, 0.6) is 5.75 Å². The molecule has 6 heteroatoms. The van der Waals surface area contributed by atoms with E-state index in [1.807, 2.05) is 0 Å². The topological polar surface area (TPSA) is 91.3 Å². The Balaban J connectivity index is 2.08. The van der Waals surface area contributed by atoms with Crippen molar-refractivity contribution in [2.75, 3.05) is 10.6 Å². The van der Waals surface area contributed by atoms with Gasteiger partial charge in [-0.1, -0.05) is 0 Å². The van der Waals surface area contributed by atoms with Crippen molar-refractivity contribution in [1.29, 1.82) is 0 Å². The van der Waals surface area contributed by atoms with E-state index in [1.54, 1.807) is 18.3 Å². The van der Waals surface area contributed by atoms with Crippen LogP contribution in [0.15, 0.2) is 53.6 Å². The molecule has 0 bridgehead atoms. The first-order chi connectivity index (χ1) is 9.15. The van der Waals surface area contributed by atoms with Crippen molar-refractivity contribution in [1.82, 2.24) is 4.98 Å². The summed E-state index contributed by atoms with van der Waals surface area (Å²) in [5, 5.41) is 14.3. The zero-order chi connectivity index (χ0) is 13.7. The van der Waals surface area contributed by atoms with Gasteiger partial charge < -0.3 is 15.7 Å². The van der Waals surface area contributed by atoms with Crippen molar-refractivity contribution < 1.29 is 9.90 Å². The van der Waals surface area contributed by atoms with Crippen LogP contribution in [0.2, 0.25) is 0 Å². The molecule has 0 aliphatic rings. The van der Waals surface area contributed by atoms with Crippen molar-refractivity contribution in [3.63, 3.8) is 0 Å². The first kappa shape index (κ1) is 12.6. The highest BCUT2D eigenvalue weighted by Gasteiger charge is 2.02. The van der Waals surface area contributed by atoms with Gasteiger partial charge in [0.15, 0.2) is 5.75 Å². The molecule has 2 aromatic rings. The Hall–Kier alpha value is -2.89. The number of hydrogen-bond acceptors (Lipinski definition) is 4. The van der Waals surface area contributed by atoms with Crippen LogP contribution < -0.4 is 16.1 Å². The molecule has 0 saturated carbocycles. The standard InChI is InChI=1S/C13H11N3O3/c17-11-5-3-9(4-6-12(11)18)15-13(19)16-10-2-1-7-14-8-10/h1-8H,(H,17,18)(H2,15,16,19). The fourth-order valence-electron chi connectivity index (χ4n) is 1.37. The number of pyridine rings is 1. The minimum absolute atomic E-state index is 0.374. The molecule has 1 aromatic carbocycles. The zero-order valence-electron chi connectivity index (χ0n) is 9.83. The maximum Gasteiger partial charge on any atom is 0.323 e. The van der Waals surface area contributed by atoms with E-state index in [-0.39, 0.29) is 5.75 Å². The third-order valence-electron chi connectivity index (χ3n) is 2.26. The van der Waals surface area contributed by atoms with Crippen LogP contribution in [-0.2, 0) is 0 Å². The molecule has 1 heterocycles. The summed E-state index contributed by atoms with van der Waals surface area (Å²) in [6.07, 6.45) is 3.10. The van der Waals surface area contributed by atoms with Crippen molar-refractivity contribution in [2.24, 2.45) is 0 Å². The molecule has 2 rings (SSSR count). The van der Waals surface area contributed by atoms with Gasteiger partial charge in [-0.15, -0.1) is 0 Å². The number of carbonyl (C=O) groups excluding carboxylic acids is 1. The summed E-state index contributed by atoms with van der Waals surface area (Å²) in [5.74, 6) is -0.374. The van der Waals surface area contributed by atoms with E-state index in [0.717, 1.165) is 0 Å². The van der Waals surface area contributed by atoms with Gasteiger partial charge in [-0.2, -0.15) is 0 Å². The van der Waals surface area contributed by atoms with Crippen molar-refractivity contribution in [3.05, 3.63) is 59.0 Å². The van der Waals surface area contributed by atoms with Gasteiger partial charge in [-0.05, 0) is 36.4 Å². The van der Waals surface area contributed by atoms with Crippen LogP contribution in [0.1, 0.15) is 0 Å². The van der Waals surface area contributed by atoms with Gasteiger partial charge in [0.25, 0.3) is 0 Å². The maximum atomic E-state index is 11.7. The average Bonchev–Trinajstić information content (AvgIpc) is 2.55. The predicted molar refractivity (Wildman–Crippen MR) is 71.3 cm³/mol. The van der Waals surface area contributed by atoms with E-state index in [4.69, 9.17) is 0 Å². The van der Waals surface area contributed by atoms with Crippen LogP contribution in [-0.4, -0.2) is 16.1 Å². The van der Waals surface area contributed by atoms with E-state index >= 15 is 0 Å². The molecule has 0 aliphatic heterocycles. The number of nitrogens with zero attached hydrogens (tertiary/aromatic N) is 1. The molecule has 0 atom stereocenters. The lowest BCUT2D eigenvalue weighted by Crippen LogP contribution is -2.19. The summed E-state index contributed by atoms with van der Waals surface area (Å²) in [6.45, 7) is 0. The monoisotopic (exact) mass is 257 g/mol. The molecule has 0 radical (unpaired) electrons. The second-order valence-corrected chi connectivity index (χ2v) is 3.69. The highest BCUT2D eigenvalue weighted by Crippen LogP contribution is 2.08. The Bertz CT molecular complexity index is 644. The zero-order valence-corrected chi connectivity index (χ0v) is 9.83. The number of anilines is 2. The second-order valence-electron chi connectivity index (χ2n) is 3.69. The van der Waals surface area contributed by atoms with Gasteiger partial charge in [0.1, 0.15) is 0 Å². The molecule has 19 heavy (non-hydrogen) atoms. The van der Waals surface area contributed by atoms with E-state index in [2.05, 4.69) is 15.6 Å². The normalized spacial score (nSPS) is 9.68. The first-order valence-corrected chi connectivity index (χ1v) is 5.46. The summed E-state index contributed by atoms with van der Waals surface area (Å²) in [6, 6.07) is 8.16. The lowest BCUT2D eigenvalue weighted by atomic mass is 10.4. The number of carbonyl (C=O) groups is 1. The summed E-state index contributed by atoms with van der Waals surface area (Å²) in [5.41, 5.74) is 0.423. The molecule has 0 unspecified atom stereocenters. The Morgan fingerprint density at radius 3 is 2.53 bits per heavy atom. The Labute approximate surface area is 108 Å². The SMILES string of the molecule is O=C(Nc1ccc(O)c(=O)cc1)Nc1cccnc1. The fourth-order valence-corrected chi connectivity index (χ4v) is 1.37. The summed E-state index contributed by atoms with van der Waals surface area (Å²) in [4.78, 5) is 26.7. The van der Waals surface area contributed by atoms with Gasteiger partial charge in [-0.3, -0.25) is 9.78 Å². The van der Waals surface area contributed by atoms with Gasteiger partial charge >= 0.3 is 6.03 Å². The van der Waals surface area contributed by atoms with Crippen LogP contribution in [0.3, 0.4) is 0 Å². The number of hydrogen-bond donors (Lipinski definition) is 3. The lowest BCUT2D eigenvalue weighted by molar-refractivity contribution is 0.262. The van der Waals surface area contributed by atoms with Gasteiger partial charge in [0.2, 0.25) is 5.43 Å². The molecule has 96 valence electrons. The predicted octanol–water partition coefficient (Wildman–Crippen LogP) is 1.79. The molecule has 1 aromatic heterocycles. The summed E-state index contributed by atoms with van der Waals surface area (Å²) >= 11 is 0. The fraction of sp³-hybridized carbons (Fsp3) is 0. The highest BCUT2D eigenvalue weighted by atomic mass is 16.3. The number of rotatable bonds is 2. The Morgan fingerprint density at radius 1 is 1.05 bits per heavy atom. The van der Waals surface area contributed by atoms with E-state index < -0.39 is 11.5 Å². The highest BCUT2D eigenvalue weighted by molar-refractivity contribution is 5.99. The van der Waals surface area contributed by atoms with Crippen LogP contribution in [0.4, 0.5) is 16.2 Å². The number of aromatic hydroxyl groups is 1. The van der Waals surface area contributed by atoms with Crippen molar-refractivity contribution in [2.45, 2.75) is 0 Å². The van der Waals surface area contributed by atoms with Crippen LogP contribution in [0, 0.1) is 0 Å². The van der Waals surface area contributed by atoms with E-state index in [1.165, 1.54) is 30.5 Å². The number of nitrogens with one attached hydrogen (secondary N) is 2. The number of urea groups is 1. The minimum atomic E-state index is -0.513. The van der Waals surface area contributed by atoms with Gasteiger partial charge in [-0.25, -0.2) is 4.79 Å². The molecule has 0 saturated heterocycles. The van der Waals surface area contributed by atoms with Gasteiger partial charge in [0, 0.05) is 11.9 Å². The largest absolute Gasteiger partial charge is 0.504 e. The minimum Gasteiger partial charge on any atom is -0.504 e. The molecular weight excluding hydrogens is 246 g/mol. The average molecular weight is 257 g/mol. The van der Waals surface area contributed by atoms with Gasteiger partial charge in [0.05, 0.1) is 11.9 Å². The summed E-state index contributed by atoms with van der Waals surface area (Å²) < 4.78 is 0. The smallest absolute Gasteiger partial charge is 0.323 e. The lowest BCUT2D eigenvalue weighted by Gasteiger charge is -2.05. The molecule has 0 aliphatic carbocycles. The van der Waals surface area contributed by atoms with Crippen LogP contribution in [0.25, 0.3) is 0 Å². The summed E-state index contributed by atoms with van der Waals surface area (Å²) in [7, 11) is 0. The molecule has 0 spiro atoms. The number of amides is 2.